The molecule has 12 heteroatoms. The van der Waals surface area contributed by atoms with Gasteiger partial charge in [0.15, 0.2) is 22.9 Å². The zero-order chi connectivity index (χ0) is 30.9. The molecule has 5 rings (SSSR count). The Morgan fingerprint density at radius 1 is 1.14 bits per heavy atom. The lowest BCUT2D eigenvalue weighted by Crippen LogP contribution is -2.40. The van der Waals surface area contributed by atoms with Gasteiger partial charge in [-0.2, -0.15) is 13.2 Å². The number of carbonyl (C=O) groups is 2. The predicted molar refractivity (Wildman–Crippen MR) is 146 cm³/mol. The third kappa shape index (κ3) is 6.35. The fourth-order valence-electron chi connectivity index (χ4n) is 4.49. The summed E-state index contributed by atoms with van der Waals surface area (Å²) < 4.78 is 73.4. The highest BCUT2D eigenvalue weighted by atomic mass is 19.4. The summed E-state index contributed by atoms with van der Waals surface area (Å²) in [5.41, 5.74) is 4.07. The second-order valence-corrected chi connectivity index (χ2v) is 10.5. The van der Waals surface area contributed by atoms with Crippen LogP contribution < -0.4 is 25.3 Å². The Hall–Kier alpha value is -4.79. The number of aromatic nitrogens is 1. The van der Waals surface area contributed by atoms with Crippen molar-refractivity contribution in [3.05, 3.63) is 82.4 Å². The van der Waals surface area contributed by atoms with Gasteiger partial charge in [0.25, 0.3) is 5.91 Å². The topological polar surface area (TPSA) is 113 Å². The fraction of sp³-hybridized carbons (Fsp3) is 0.323. The first kappa shape index (κ1) is 29.7. The number of hydrogen-bond donors (Lipinski definition) is 2. The van der Waals surface area contributed by atoms with E-state index < -0.39 is 47.4 Å². The van der Waals surface area contributed by atoms with Crippen LogP contribution in [0.2, 0.25) is 0 Å². The number of primary amides is 1. The molecule has 1 fully saturated rings. The van der Waals surface area contributed by atoms with Crippen molar-refractivity contribution in [1.82, 2.24) is 10.3 Å². The number of methoxy groups -OCH3 is 1. The highest BCUT2D eigenvalue weighted by molar-refractivity contribution is 5.95. The average molecular weight is 598 g/mol. The van der Waals surface area contributed by atoms with E-state index in [1.807, 2.05) is 0 Å². The van der Waals surface area contributed by atoms with Gasteiger partial charge in [-0.15, -0.1) is 0 Å². The minimum atomic E-state index is -4.85. The number of nitrogens with two attached hydrogens (primary N) is 1. The molecular formula is C31H27F4N3O5. The molecule has 0 radical (unpaired) electrons. The number of pyridine rings is 1. The average Bonchev–Trinajstić information content (AvgIpc) is 3.72. The van der Waals surface area contributed by atoms with Crippen LogP contribution in [0, 0.1) is 17.7 Å². The first-order valence-electron chi connectivity index (χ1n) is 13.3. The first-order chi connectivity index (χ1) is 20.4. The molecule has 2 atom stereocenters. The molecule has 1 aliphatic heterocycles. The number of nitrogens with one attached hydrogen (secondary N) is 1. The van der Waals surface area contributed by atoms with E-state index in [-0.39, 0.29) is 41.0 Å². The van der Waals surface area contributed by atoms with Crippen LogP contribution in [0.5, 0.6) is 17.2 Å². The van der Waals surface area contributed by atoms with E-state index in [2.05, 4.69) is 22.1 Å². The largest absolute Gasteiger partial charge is 0.493 e. The number of alkyl halides is 3. The van der Waals surface area contributed by atoms with Gasteiger partial charge >= 0.3 is 6.18 Å². The Balaban J connectivity index is 1.47. The summed E-state index contributed by atoms with van der Waals surface area (Å²) in [5.74, 6) is 1.84. The number of hydrogen-bond acceptors (Lipinski definition) is 6. The van der Waals surface area contributed by atoms with E-state index in [1.165, 1.54) is 56.5 Å². The smallest absolute Gasteiger partial charge is 0.398 e. The van der Waals surface area contributed by atoms with E-state index in [9.17, 15) is 27.2 Å². The van der Waals surface area contributed by atoms with Gasteiger partial charge in [-0.25, -0.2) is 9.37 Å². The van der Waals surface area contributed by atoms with E-state index in [0.29, 0.717) is 11.3 Å². The number of fused-ring (bicyclic) bond motifs is 1. The molecule has 1 aromatic heterocycles. The van der Waals surface area contributed by atoms with E-state index in [4.69, 9.17) is 19.9 Å². The second kappa shape index (κ2) is 11.5. The number of carbonyl (C=O) groups excluding carboxylic acids is 2. The fourth-order valence-corrected chi connectivity index (χ4v) is 4.49. The van der Waals surface area contributed by atoms with Crippen LogP contribution in [0.1, 0.15) is 58.6 Å². The molecule has 1 aliphatic carbocycles. The number of rotatable bonds is 8. The van der Waals surface area contributed by atoms with Crippen molar-refractivity contribution in [3.8, 4) is 29.1 Å². The van der Waals surface area contributed by atoms with Gasteiger partial charge in [0.05, 0.1) is 18.9 Å². The molecule has 2 aromatic carbocycles. The molecule has 43 heavy (non-hydrogen) atoms. The molecule has 2 heterocycles. The SMILES string of the molecule is COc1cc(C(=O)NC[C@H](c2cc3c(c(C#Cc4ccc(F)cc4)n2)OC[C@]3(C)C(N)=O)C(F)(F)F)ccc1OC1CC1. The van der Waals surface area contributed by atoms with Crippen LogP contribution in [-0.4, -0.2) is 49.3 Å². The van der Waals surface area contributed by atoms with E-state index >= 15 is 0 Å². The summed E-state index contributed by atoms with van der Waals surface area (Å²) in [6, 6.07) is 10.6. The summed E-state index contributed by atoms with van der Waals surface area (Å²) in [6.07, 6.45) is -2.96. The van der Waals surface area contributed by atoms with Gasteiger partial charge in [0.1, 0.15) is 23.8 Å². The molecule has 8 nitrogen and oxygen atoms in total. The molecule has 3 aromatic rings. The summed E-state index contributed by atoms with van der Waals surface area (Å²) in [4.78, 5) is 29.4. The summed E-state index contributed by atoms with van der Waals surface area (Å²) >= 11 is 0. The molecule has 2 amide bonds. The minimum Gasteiger partial charge on any atom is -0.493 e. The van der Waals surface area contributed by atoms with Crippen LogP contribution in [-0.2, 0) is 10.2 Å². The lowest BCUT2D eigenvalue weighted by Gasteiger charge is -2.23. The Bertz CT molecular complexity index is 1630. The van der Waals surface area contributed by atoms with E-state index in [1.54, 1.807) is 0 Å². The third-order valence-corrected chi connectivity index (χ3v) is 7.27. The quantitative estimate of drug-likeness (QED) is 0.295. The Morgan fingerprint density at radius 3 is 2.49 bits per heavy atom. The number of ether oxygens (including phenoxy) is 3. The summed E-state index contributed by atoms with van der Waals surface area (Å²) in [6.45, 7) is 0.371. The number of halogens is 4. The van der Waals surface area contributed by atoms with Gasteiger partial charge in [-0.1, -0.05) is 5.92 Å². The molecule has 0 bridgehead atoms. The predicted octanol–water partition coefficient (Wildman–Crippen LogP) is 4.38. The van der Waals surface area contributed by atoms with Crippen molar-refractivity contribution < 1.29 is 41.4 Å². The molecule has 3 N–H and O–H groups in total. The highest BCUT2D eigenvalue weighted by Crippen LogP contribution is 2.43. The van der Waals surface area contributed by atoms with Gasteiger partial charge < -0.3 is 25.3 Å². The van der Waals surface area contributed by atoms with Crippen LogP contribution in [0.3, 0.4) is 0 Å². The normalized spacial score (nSPS) is 18.0. The zero-order valence-corrected chi connectivity index (χ0v) is 23.2. The maximum atomic E-state index is 14.5. The molecular weight excluding hydrogens is 570 g/mol. The Labute approximate surface area is 244 Å². The lowest BCUT2D eigenvalue weighted by atomic mass is 9.82. The van der Waals surface area contributed by atoms with E-state index in [0.717, 1.165) is 18.9 Å². The molecule has 0 unspecified atom stereocenters. The standard InChI is InChI=1S/C31H27F4N3O5/c1-30(29(36)40)16-42-27-21(30)14-24(38-23(27)11-5-17-3-7-19(32)8-4-17)22(31(33,34)35)15-37-28(39)18-6-12-25(26(13-18)41-2)43-20-9-10-20/h3-4,6-8,12-14,20,22H,9-10,15-16H2,1-2H3,(H2,36,40)(H,37,39)/t22-,30+/m1/s1. The minimum absolute atomic E-state index is 0.0326. The van der Waals surface area contributed by atoms with Gasteiger partial charge in [0, 0.05) is 23.2 Å². The molecule has 0 saturated heterocycles. The Morgan fingerprint density at radius 2 is 1.86 bits per heavy atom. The zero-order valence-electron chi connectivity index (χ0n) is 23.2. The molecule has 2 aliphatic rings. The maximum absolute atomic E-state index is 14.5. The lowest BCUT2D eigenvalue weighted by molar-refractivity contribution is -0.149. The second-order valence-electron chi connectivity index (χ2n) is 10.5. The maximum Gasteiger partial charge on any atom is 0.398 e. The highest BCUT2D eigenvalue weighted by Gasteiger charge is 2.47. The van der Waals surface area contributed by atoms with Gasteiger partial charge in [-0.3, -0.25) is 9.59 Å². The third-order valence-electron chi connectivity index (χ3n) is 7.27. The monoisotopic (exact) mass is 597 g/mol. The van der Waals surface area contributed by atoms with Crippen molar-refractivity contribution in [1.29, 1.82) is 0 Å². The van der Waals surface area contributed by atoms with Crippen molar-refractivity contribution in [3.63, 3.8) is 0 Å². The Kier molecular flexibility index (Phi) is 7.92. The first-order valence-corrected chi connectivity index (χ1v) is 13.3. The number of amides is 2. The van der Waals surface area contributed by atoms with Gasteiger partial charge in [-0.05, 0) is 74.2 Å². The van der Waals surface area contributed by atoms with Crippen LogP contribution in [0.25, 0.3) is 0 Å². The van der Waals surface area contributed by atoms with Crippen LogP contribution in [0.4, 0.5) is 17.6 Å². The number of benzene rings is 2. The summed E-state index contributed by atoms with van der Waals surface area (Å²) in [7, 11) is 1.40. The van der Waals surface area contributed by atoms with Crippen LogP contribution in [0.15, 0.2) is 48.5 Å². The van der Waals surface area contributed by atoms with Gasteiger partial charge in [0.2, 0.25) is 5.91 Å². The number of nitrogens with zero attached hydrogens (tertiary/aromatic N) is 1. The van der Waals surface area contributed by atoms with Crippen molar-refractivity contribution in [2.45, 2.75) is 43.4 Å². The summed E-state index contributed by atoms with van der Waals surface area (Å²) in [5, 5.41) is 2.33. The molecule has 0 spiro atoms. The van der Waals surface area contributed by atoms with Crippen LogP contribution >= 0.6 is 0 Å². The van der Waals surface area contributed by atoms with Crippen molar-refractivity contribution in [2.24, 2.45) is 5.73 Å². The molecule has 224 valence electrons. The van der Waals surface area contributed by atoms with Crippen molar-refractivity contribution >= 4 is 11.8 Å². The van der Waals surface area contributed by atoms with Crippen molar-refractivity contribution in [2.75, 3.05) is 20.3 Å². The molecule has 1 saturated carbocycles.